The van der Waals surface area contributed by atoms with Gasteiger partial charge in [0.25, 0.3) is 0 Å². The molecule has 108 valence electrons. The Labute approximate surface area is 117 Å². The molecule has 0 aromatic carbocycles. The van der Waals surface area contributed by atoms with Gasteiger partial charge in [0.1, 0.15) is 5.76 Å². The van der Waals surface area contributed by atoms with Crippen LogP contribution in [0.1, 0.15) is 44.8 Å². The zero-order chi connectivity index (χ0) is 13.6. The van der Waals surface area contributed by atoms with Crippen molar-refractivity contribution in [3.8, 4) is 0 Å². The molecule has 0 aliphatic heterocycles. The monoisotopic (exact) mass is 264 g/mol. The summed E-state index contributed by atoms with van der Waals surface area (Å²) in [6, 6.07) is 4.03. The van der Waals surface area contributed by atoms with Crippen molar-refractivity contribution in [2.45, 2.75) is 45.6 Å². The maximum atomic E-state index is 5.44. The SMILES string of the molecule is CCCNCC1(CN(C)Cc2ccco2)CCCC1. The summed E-state index contributed by atoms with van der Waals surface area (Å²) in [5, 5.41) is 3.63. The summed E-state index contributed by atoms with van der Waals surface area (Å²) in [5.74, 6) is 1.07. The largest absolute Gasteiger partial charge is 0.468 e. The number of furan rings is 1. The minimum absolute atomic E-state index is 0.483. The summed E-state index contributed by atoms with van der Waals surface area (Å²) >= 11 is 0. The van der Waals surface area contributed by atoms with Gasteiger partial charge >= 0.3 is 0 Å². The second kappa shape index (κ2) is 7.11. The van der Waals surface area contributed by atoms with Crippen molar-refractivity contribution in [1.29, 1.82) is 0 Å². The summed E-state index contributed by atoms with van der Waals surface area (Å²) in [4.78, 5) is 2.41. The second-order valence-corrected chi connectivity index (χ2v) is 6.14. The summed E-state index contributed by atoms with van der Waals surface area (Å²) in [5.41, 5.74) is 0.483. The highest BCUT2D eigenvalue weighted by molar-refractivity contribution is 4.98. The zero-order valence-corrected chi connectivity index (χ0v) is 12.5. The summed E-state index contributed by atoms with van der Waals surface area (Å²) in [7, 11) is 2.21. The molecule has 2 rings (SSSR count). The molecule has 3 heteroatoms. The van der Waals surface area contributed by atoms with E-state index in [-0.39, 0.29) is 0 Å². The first-order valence-electron chi connectivity index (χ1n) is 7.66. The van der Waals surface area contributed by atoms with Crippen LogP contribution >= 0.6 is 0 Å². The van der Waals surface area contributed by atoms with E-state index >= 15 is 0 Å². The lowest BCUT2D eigenvalue weighted by molar-refractivity contribution is 0.160. The maximum Gasteiger partial charge on any atom is 0.117 e. The van der Waals surface area contributed by atoms with E-state index in [2.05, 4.69) is 30.3 Å². The molecule has 0 atom stereocenters. The molecule has 1 aliphatic rings. The van der Waals surface area contributed by atoms with Crippen LogP contribution in [0.5, 0.6) is 0 Å². The van der Waals surface area contributed by atoms with Gasteiger partial charge < -0.3 is 9.73 Å². The molecule has 0 spiro atoms. The molecule has 1 saturated carbocycles. The van der Waals surface area contributed by atoms with Gasteiger partial charge in [0.15, 0.2) is 0 Å². The highest BCUT2D eigenvalue weighted by atomic mass is 16.3. The van der Waals surface area contributed by atoms with Gasteiger partial charge in [-0.3, -0.25) is 4.90 Å². The molecule has 0 saturated heterocycles. The Morgan fingerprint density at radius 2 is 2.16 bits per heavy atom. The van der Waals surface area contributed by atoms with E-state index < -0.39 is 0 Å². The van der Waals surface area contributed by atoms with E-state index in [4.69, 9.17) is 4.42 Å². The fourth-order valence-electron chi connectivity index (χ4n) is 3.34. The van der Waals surface area contributed by atoms with Gasteiger partial charge in [-0.15, -0.1) is 0 Å². The molecule has 0 amide bonds. The molecule has 1 N–H and O–H groups in total. The van der Waals surface area contributed by atoms with E-state index in [0.717, 1.165) is 18.8 Å². The van der Waals surface area contributed by atoms with Crippen molar-refractivity contribution in [2.24, 2.45) is 5.41 Å². The molecule has 1 fully saturated rings. The molecule has 0 bridgehead atoms. The average Bonchev–Trinajstić information content (AvgIpc) is 3.02. The normalized spacial score (nSPS) is 18.3. The van der Waals surface area contributed by atoms with Crippen molar-refractivity contribution in [1.82, 2.24) is 10.2 Å². The van der Waals surface area contributed by atoms with Crippen LogP contribution in [0.4, 0.5) is 0 Å². The lowest BCUT2D eigenvalue weighted by Crippen LogP contribution is -2.41. The molecule has 0 radical (unpaired) electrons. The third-order valence-corrected chi connectivity index (χ3v) is 4.20. The molecular weight excluding hydrogens is 236 g/mol. The smallest absolute Gasteiger partial charge is 0.117 e. The Morgan fingerprint density at radius 3 is 2.79 bits per heavy atom. The van der Waals surface area contributed by atoms with Crippen LogP contribution in [0.2, 0.25) is 0 Å². The lowest BCUT2D eigenvalue weighted by atomic mass is 9.85. The number of hydrogen-bond donors (Lipinski definition) is 1. The second-order valence-electron chi connectivity index (χ2n) is 6.14. The number of nitrogens with zero attached hydrogens (tertiary/aromatic N) is 1. The topological polar surface area (TPSA) is 28.4 Å². The molecule has 0 unspecified atom stereocenters. The van der Waals surface area contributed by atoms with Crippen molar-refractivity contribution in [3.05, 3.63) is 24.2 Å². The number of hydrogen-bond acceptors (Lipinski definition) is 3. The highest BCUT2D eigenvalue weighted by Crippen LogP contribution is 2.38. The van der Waals surface area contributed by atoms with Gasteiger partial charge in [0.2, 0.25) is 0 Å². The van der Waals surface area contributed by atoms with E-state index in [1.807, 2.05) is 6.07 Å². The fraction of sp³-hybridized carbons (Fsp3) is 0.750. The fourth-order valence-corrected chi connectivity index (χ4v) is 3.34. The Morgan fingerprint density at radius 1 is 1.37 bits per heavy atom. The quantitative estimate of drug-likeness (QED) is 0.730. The van der Waals surface area contributed by atoms with Crippen molar-refractivity contribution in [2.75, 3.05) is 26.7 Å². The van der Waals surface area contributed by atoms with Gasteiger partial charge in [-0.2, -0.15) is 0 Å². The third-order valence-electron chi connectivity index (χ3n) is 4.20. The van der Waals surface area contributed by atoms with Gasteiger partial charge in [0, 0.05) is 13.1 Å². The van der Waals surface area contributed by atoms with Crippen LogP contribution in [0.3, 0.4) is 0 Å². The first kappa shape index (κ1) is 14.6. The van der Waals surface area contributed by atoms with Crippen LogP contribution in [-0.4, -0.2) is 31.6 Å². The minimum Gasteiger partial charge on any atom is -0.468 e. The average molecular weight is 264 g/mol. The highest BCUT2D eigenvalue weighted by Gasteiger charge is 2.34. The van der Waals surface area contributed by atoms with Crippen LogP contribution in [0, 0.1) is 5.41 Å². The van der Waals surface area contributed by atoms with Crippen molar-refractivity contribution in [3.63, 3.8) is 0 Å². The van der Waals surface area contributed by atoms with Crippen molar-refractivity contribution >= 4 is 0 Å². The van der Waals surface area contributed by atoms with Crippen molar-refractivity contribution < 1.29 is 4.42 Å². The lowest BCUT2D eigenvalue weighted by Gasteiger charge is -2.33. The van der Waals surface area contributed by atoms with Crippen LogP contribution in [-0.2, 0) is 6.54 Å². The molecular formula is C16H28N2O. The zero-order valence-electron chi connectivity index (χ0n) is 12.5. The van der Waals surface area contributed by atoms with Gasteiger partial charge in [0.05, 0.1) is 12.8 Å². The Kier molecular flexibility index (Phi) is 5.46. The Hall–Kier alpha value is -0.800. The predicted molar refractivity (Wildman–Crippen MR) is 79.1 cm³/mol. The van der Waals surface area contributed by atoms with Crippen LogP contribution in [0.15, 0.2) is 22.8 Å². The molecule has 1 heterocycles. The molecule has 19 heavy (non-hydrogen) atoms. The van der Waals surface area contributed by atoms with E-state index in [0.29, 0.717) is 5.41 Å². The van der Waals surface area contributed by atoms with E-state index in [9.17, 15) is 0 Å². The Balaban J connectivity index is 1.85. The first-order chi connectivity index (χ1) is 9.24. The predicted octanol–water partition coefficient (Wildman–Crippen LogP) is 3.27. The van der Waals surface area contributed by atoms with E-state index in [1.165, 1.54) is 45.2 Å². The van der Waals surface area contributed by atoms with Crippen LogP contribution < -0.4 is 5.32 Å². The Bertz CT molecular complexity index is 342. The molecule has 1 aromatic heterocycles. The summed E-state index contributed by atoms with van der Waals surface area (Å²) in [6.07, 6.45) is 8.50. The number of rotatable bonds is 8. The summed E-state index contributed by atoms with van der Waals surface area (Å²) < 4.78 is 5.44. The third kappa shape index (κ3) is 4.36. The van der Waals surface area contributed by atoms with Gasteiger partial charge in [-0.25, -0.2) is 0 Å². The van der Waals surface area contributed by atoms with Crippen LogP contribution in [0.25, 0.3) is 0 Å². The standard InChI is InChI=1S/C16H28N2O/c1-3-10-17-13-16(8-4-5-9-16)14-18(2)12-15-7-6-11-19-15/h6-7,11,17H,3-5,8-10,12-14H2,1-2H3. The molecule has 3 nitrogen and oxygen atoms in total. The summed E-state index contributed by atoms with van der Waals surface area (Å²) in [6.45, 7) is 6.64. The molecule has 1 aromatic rings. The maximum absolute atomic E-state index is 5.44. The first-order valence-corrected chi connectivity index (χ1v) is 7.66. The number of nitrogens with one attached hydrogen (secondary N) is 1. The van der Waals surface area contributed by atoms with Gasteiger partial charge in [-0.1, -0.05) is 19.8 Å². The van der Waals surface area contributed by atoms with E-state index in [1.54, 1.807) is 6.26 Å². The minimum atomic E-state index is 0.483. The van der Waals surface area contributed by atoms with Gasteiger partial charge in [-0.05, 0) is 50.4 Å². The molecule has 1 aliphatic carbocycles.